The first-order valence-electron chi connectivity index (χ1n) is 5.43. The quantitative estimate of drug-likeness (QED) is 0.592. The van der Waals surface area contributed by atoms with Crippen LogP contribution in [0.3, 0.4) is 0 Å². The van der Waals surface area contributed by atoms with Crippen LogP contribution < -0.4 is 16.2 Å². The Bertz CT molecular complexity index is 459. The monoisotopic (exact) mass is 252 g/mol. The predicted molar refractivity (Wildman–Crippen MR) is 66.1 cm³/mol. The standard InChI is InChI=1S/C12H16N2O4/c1-3-9(11(14)15)18-10-6-7(12(16)17-2)4-5-8(10)13/h4-6,9H,3,13H2,1-2H3,(H2,14,15). The first-order chi connectivity index (χ1) is 8.49. The van der Waals surface area contributed by atoms with E-state index in [-0.39, 0.29) is 5.75 Å². The van der Waals surface area contributed by atoms with Crippen molar-refractivity contribution in [3.63, 3.8) is 0 Å². The zero-order chi connectivity index (χ0) is 13.7. The number of benzene rings is 1. The minimum atomic E-state index is -0.778. The van der Waals surface area contributed by atoms with Gasteiger partial charge in [0.15, 0.2) is 6.10 Å². The van der Waals surface area contributed by atoms with Gasteiger partial charge in [0.2, 0.25) is 0 Å². The summed E-state index contributed by atoms with van der Waals surface area (Å²) in [4.78, 5) is 22.4. The Balaban J connectivity index is 3.00. The van der Waals surface area contributed by atoms with Crippen molar-refractivity contribution in [1.82, 2.24) is 0 Å². The van der Waals surface area contributed by atoms with Gasteiger partial charge in [-0.25, -0.2) is 4.79 Å². The number of carbonyl (C=O) groups is 2. The van der Waals surface area contributed by atoms with E-state index < -0.39 is 18.0 Å². The number of nitrogen functional groups attached to an aromatic ring is 1. The third kappa shape index (κ3) is 3.13. The molecule has 4 N–H and O–H groups in total. The predicted octanol–water partition coefficient (Wildman–Crippen LogP) is 0.698. The smallest absolute Gasteiger partial charge is 0.337 e. The largest absolute Gasteiger partial charge is 0.478 e. The van der Waals surface area contributed by atoms with E-state index in [4.69, 9.17) is 16.2 Å². The number of esters is 1. The maximum atomic E-state index is 11.4. The molecule has 1 rings (SSSR count). The van der Waals surface area contributed by atoms with Crippen molar-refractivity contribution in [3.05, 3.63) is 23.8 Å². The summed E-state index contributed by atoms with van der Waals surface area (Å²) in [6, 6.07) is 4.45. The summed E-state index contributed by atoms with van der Waals surface area (Å²) in [6.45, 7) is 1.76. The number of primary amides is 1. The fourth-order valence-corrected chi connectivity index (χ4v) is 1.38. The normalized spacial score (nSPS) is 11.7. The molecule has 98 valence electrons. The number of amides is 1. The molecule has 0 saturated heterocycles. The van der Waals surface area contributed by atoms with Crippen LogP contribution in [0.4, 0.5) is 5.69 Å². The van der Waals surface area contributed by atoms with Gasteiger partial charge in [0.1, 0.15) is 5.75 Å². The highest BCUT2D eigenvalue weighted by Crippen LogP contribution is 2.24. The Morgan fingerprint density at radius 2 is 2.06 bits per heavy atom. The van der Waals surface area contributed by atoms with E-state index in [2.05, 4.69) is 4.74 Å². The lowest BCUT2D eigenvalue weighted by Gasteiger charge is -2.16. The number of hydrogen-bond donors (Lipinski definition) is 2. The third-order valence-corrected chi connectivity index (χ3v) is 2.39. The Hall–Kier alpha value is -2.24. The number of rotatable bonds is 5. The molecule has 1 amide bonds. The molecule has 0 aliphatic heterocycles. The average molecular weight is 252 g/mol. The lowest BCUT2D eigenvalue weighted by Crippen LogP contribution is -2.33. The van der Waals surface area contributed by atoms with E-state index in [1.807, 2.05) is 0 Å². The van der Waals surface area contributed by atoms with Crippen molar-refractivity contribution in [2.45, 2.75) is 19.4 Å². The molecule has 1 aromatic rings. The number of methoxy groups -OCH3 is 1. The fraction of sp³-hybridized carbons (Fsp3) is 0.333. The summed E-state index contributed by atoms with van der Waals surface area (Å²) in [5.41, 5.74) is 11.5. The van der Waals surface area contributed by atoms with Gasteiger partial charge in [-0.15, -0.1) is 0 Å². The molecule has 0 heterocycles. The SMILES string of the molecule is CCC(Oc1cc(C(=O)OC)ccc1N)C(N)=O. The first-order valence-corrected chi connectivity index (χ1v) is 5.43. The van der Waals surface area contributed by atoms with Gasteiger partial charge >= 0.3 is 5.97 Å². The van der Waals surface area contributed by atoms with Crippen LogP contribution in [0.2, 0.25) is 0 Å². The Labute approximate surface area is 105 Å². The van der Waals surface area contributed by atoms with Gasteiger partial charge < -0.3 is 20.9 Å². The maximum Gasteiger partial charge on any atom is 0.337 e. The molecule has 18 heavy (non-hydrogen) atoms. The van der Waals surface area contributed by atoms with Gasteiger partial charge in [-0.3, -0.25) is 4.79 Å². The molecule has 0 saturated carbocycles. The van der Waals surface area contributed by atoms with Crippen LogP contribution in [0.25, 0.3) is 0 Å². The summed E-state index contributed by atoms with van der Waals surface area (Å²) in [6.07, 6.45) is -0.364. The van der Waals surface area contributed by atoms with Gasteiger partial charge in [-0.1, -0.05) is 6.92 Å². The molecule has 0 aromatic heterocycles. The Morgan fingerprint density at radius 1 is 1.39 bits per heavy atom. The van der Waals surface area contributed by atoms with Gasteiger partial charge in [0.25, 0.3) is 5.91 Å². The fourth-order valence-electron chi connectivity index (χ4n) is 1.38. The second-order valence-corrected chi connectivity index (χ2v) is 3.66. The van der Waals surface area contributed by atoms with Crippen LogP contribution in [-0.2, 0) is 9.53 Å². The average Bonchev–Trinajstić information content (AvgIpc) is 2.36. The second-order valence-electron chi connectivity index (χ2n) is 3.66. The van der Waals surface area contributed by atoms with Crippen LogP contribution in [0.15, 0.2) is 18.2 Å². The Morgan fingerprint density at radius 3 is 2.56 bits per heavy atom. The molecule has 0 spiro atoms. The van der Waals surface area contributed by atoms with Gasteiger partial charge in [0, 0.05) is 0 Å². The lowest BCUT2D eigenvalue weighted by molar-refractivity contribution is -0.124. The highest BCUT2D eigenvalue weighted by Gasteiger charge is 2.17. The van der Waals surface area contributed by atoms with Crippen molar-refractivity contribution in [1.29, 1.82) is 0 Å². The molecular formula is C12H16N2O4. The molecular weight excluding hydrogens is 236 g/mol. The van der Waals surface area contributed by atoms with E-state index in [9.17, 15) is 9.59 Å². The van der Waals surface area contributed by atoms with Crippen LogP contribution in [0.1, 0.15) is 23.7 Å². The zero-order valence-electron chi connectivity index (χ0n) is 10.3. The maximum absolute atomic E-state index is 11.4. The second kappa shape index (κ2) is 5.90. The topological polar surface area (TPSA) is 105 Å². The number of ether oxygens (including phenoxy) is 2. The van der Waals surface area contributed by atoms with Crippen LogP contribution in [0, 0.1) is 0 Å². The Kier molecular flexibility index (Phi) is 4.53. The summed E-state index contributed by atoms with van der Waals surface area (Å²) >= 11 is 0. The van der Waals surface area contributed by atoms with Crippen molar-refractivity contribution in [2.24, 2.45) is 5.73 Å². The summed E-state index contributed by atoms with van der Waals surface area (Å²) in [5.74, 6) is -0.851. The first kappa shape index (κ1) is 13.8. The molecule has 6 nitrogen and oxygen atoms in total. The van der Waals surface area contributed by atoms with Crippen molar-refractivity contribution < 1.29 is 19.1 Å². The molecule has 0 radical (unpaired) electrons. The summed E-state index contributed by atoms with van der Waals surface area (Å²) in [7, 11) is 1.28. The molecule has 0 bridgehead atoms. The minimum Gasteiger partial charge on any atom is -0.478 e. The zero-order valence-corrected chi connectivity index (χ0v) is 10.3. The van der Waals surface area contributed by atoms with Gasteiger partial charge in [-0.2, -0.15) is 0 Å². The molecule has 0 aliphatic rings. The highest BCUT2D eigenvalue weighted by atomic mass is 16.5. The molecule has 0 aliphatic carbocycles. The lowest BCUT2D eigenvalue weighted by atomic mass is 10.2. The van der Waals surface area contributed by atoms with E-state index in [0.29, 0.717) is 17.7 Å². The molecule has 1 aromatic carbocycles. The molecule has 1 unspecified atom stereocenters. The van der Waals surface area contributed by atoms with Crippen LogP contribution in [-0.4, -0.2) is 25.1 Å². The third-order valence-electron chi connectivity index (χ3n) is 2.39. The highest BCUT2D eigenvalue weighted by molar-refractivity contribution is 5.90. The minimum absolute atomic E-state index is 0.239. The van der Waals surface area contributed by atoms with Crippen LogP contribution >= 0.6 is 0 Å². The van der Waals surface area contributed by atoms with Crippen molar-refractivity contribution in [3.8, 4) is 5.75 Å². The van der Waals surface area contributed by atoms with Crippen molar-refractivity contribution >= 4 is 17.6 Å². The number of hydrogen-bond acceptors (Lipinski definition) is 5. The van der Waals surface area contributed by atoms with E-state index in [0.717, 1.165) is 0 Å². The molecule has 6 heteroatoms. The van der Waals surface area contributed by atoms with Gasteiger partial charge in [-0.05, 0) is 24.6 Å². The van der Waals surface area contributed by atoms with Crippen molar-refractivity contribution in [2.75, 3.05) is 12.8 Å². The van der Waals surface area contributed by atoms with E-state index >= 15 is 0 Å². The van der Waals surface area contributed by atoms with Crippen LogP contribution in [0.5, 0.6) is 5.75 Å². The summed E-state index contributed by atoms with van der Waals surface area (Å²) in [5, 5.41) is 0. The van der Waals surface area contributed by atoms with Gasteiger partial charge in [0.05, 0.1) is 18.4 Å². The number of nitrogens with two attached hydrogens (primary N) is 2. The number of carbonyl (C=O) groups excluding carboxylic acids is 2. The number of anilines is 1. The van der Waals surface area contributed by atoms with E-state index in [1.165, 1.54) is 25.3 Å². The summed E-state index contributed by atoms with van der Waals surface area (Å²) < 4.78 is 9.97. The molecule has 0 fully saturated rings. The molecule has 1 atom stereocenters. The van der Waals surface area contributed by atoms with E-state index in [1.54, 1.807) is 6.92 Å².